The fourth-order valence-corrected chi connectivity index (χ4v) is 2.45. The number of ether oxygens (including phenoxy) is 1. The van der Waals surface area contributed by atoms with Crippen molar-refractivity contribution in [2.45, 2.75) is 25.5 Å². The minimum Gasteiger partial charge on any atom is -0.473 e. The summed E-state index contributed by atoms with van der Waals surface area (Å²) in [5.74, 6) is -0.841. The second kappa shape index (κ2) is 10.4. The standard InChI is InChI=1S/C18H20BrFN2O2.ClH/c1-12(21)9-10-22-18(23)17(13-5-3-2-4-6-13)24-16-8-7-14(19)11-15(16)20;/h2-8,11-12,17H,9-10,21H2,1H3,(H,22,23);1H. The van der Waals surface area contributed by atoms with Gasteiger partial charge in [-0.25, -0.2) is 4.39 Å². The predicted molar refractivity (Wildman–Crippen MR) is 102 cm³/mol. The molecule has 0 saturated heterocycles. The van der Waals surface area contributed by atoms with Crippen LogP contribution in [-0.4, -0.2) is 18.5 Å². The molecule has 2 aromatic rings. The molecule has 2 aromatic carbocycles. The molecule has 2 rings (SSSR count). The first kappa shape index (κ1) is 21.4. The summed E-state index contributed by atoms with van der Waals surface area (Å²) in [5, 5.41) is 2.79. The third-order valence-corrected chi connectivity index (χ3v) is 3.87. The van der Waals surface area contributed by atoms with Crippen molar-refractivity contribution < 1.29 is 13.9 Å². The van der Waals surface area contributed by atoms with E-state index in [0.29, 0.717) is 23.0 Å². The highest BCUT2D eigenvalue weighted by Gasteiger charge is 2.23. The third-order valence-electron chi connectivity index (χ3n) is 3.38. The van der Waals surface area contributed by atoms with Crippen LogP contribution in [0.4, 0.5) is 4.39 Å². The smallest absolute Gasteiger partial charge is 0.265 e. The lowest BCUT2D eigenvalue weighted by atomic mass is 10.1. The molecular weight excluding hydrogens is 411 g/mol. The van der Waals surface area contributed by atoms with Gasteiger partial charge in [-0.2, -0.15) is 0 Å². The topological polar surface area (TPSA) is 64.3 Å². The fraction of sp³-hybridized carbons (Fsp3) is 0.278. The first-order valence-corrected chi connectivity index (χ1v) is 8.46. The van der Waals surface area contributed by atoms with Gasteiger partial charge in [-0.05, 0) is 31.5 Å². The maximum atomic E-state index is 14.0. The number of halogens is 3. The number of amides is 1. The van der Waals surface area contributed by atoms with Crippen LogP contribution < -0.4 is 15.8 Å². The van der Waals surface area contributed by atoms with Crippen LogP contribution in [0, 0.1) is 5.82 Å². The van der Waals surface area contributed by atoms with Crippen LogP contribution in [0.3, 0.4) is 0 Å². The lowest BCUT2D eigenvalue weighted by Gasteiger charge is -2.20. The monoisotopic (exact) mass is 430 g/mol. The van der Waals surface area contributed by atoms with Crippen LogP contribution in [0.5, 0.6) is 5.75 Å². The van der Waals surface area contributed by atoms with Crippen LogP contribution in [0.1, 0.15) is 25.0 Å². The minimum atomic E-state index is -0.935. The lowest BCUT2D eigenvalue weighted by Crippen LogP contribution is -2.35. The third kappa shape index (κ3) is 6.65. The fourth-order valence-electron chi connectivity index (χ4n) is 2.11. The van der Waals surface area contributed by atoms with Gasteiger partial charge in [-0.15, -0.1) is 12.4 Å². The van der Waals surface area contributed by atoms with E-state index in [0.717, 1.165) is 0 Å². The van der Waals surface area contributed by atoms with Gasteiger partial charge in [-0.1, -0.05) is 46.3 Å². The molecule has 7 heteroatoms. The lowest BCUT2D eigenvalue weighted by molar-refractivity contribution is -0.128. The van der Waals surface area contributed by atoms with E-state index in [1.807, 2.05) is 13.0 Å². The highest BCUT2D eigenvalue weighted by molar-refractivity contribution is 9.10. The van der Waals surface area contributed by atoms with Crippen molar-refractivity contribution in [2.75, 3.05) is 6.54 Å². The first-order chi connectivity index (χ1) is 11.5. The first-order valence-electron chi connectivity index (χ1n) is 7.67. The summed E-state index contributed by atoms with van der Waals surface area (Å²) in [6.07, 6.45) is -0.283. The molecule has 0 aromatic heterocycles. The number of benzene rings is 2. The molecule has 0 aliphatic rings. The van der Waals surface area contributed by atoms with Crippen LogP contribution in [0.15, 0.2) is 53.0 Å². The Morgan fingerprint density at radius 3 is 2.56 bits per heavy atom. The molecule has 0 fully saturated rings. The molecular formula is C18H21BrClFN2O2. The van der Waals surface area contributed by atoms with Crippen LogP contribution in [0.2, 0.25) is 0 Å². The molecule has 1 amide bonds. The Morgan fingerprint density at radius 2 is 1.96 bits per heavy atom. The molecule has 0 heterocycles. The Hall–Kier alpha value is -1.63. The number of carbonyl (C=O) groups is 1. The minimum absolute atomic E-state index is 0. The van der Waals surface area contributed by atoms with Crippen molar-refractivity contribution in [3.63, 3.8) is 0 Å². The van der Waals surface area contributed by atoms with Crippen molar-refractivity contribution in [1.82, 2.24) is 5.32 Å². The Balaban J connectivity index is 0.00000312. The number of nitrogens with two attached hydrogens (primary N) is 1. The van der Waals surface area contributed by atoms with E-state index in [1.54, 1.807) is 30.3 Å². The summed E-state index contributed by atoms with van der Waals surface area (Å²) in [5.41, 5.74) is 6.34. The number of carbonyl (C=O) groups excluding carboxylic acids is 1. The van der Waals surface area contributed by atoms with Gasteiger partial charge < -0.3 is 15.8 Å². The van der Waals surface area contributed by atoms with Crippen LogP contribution >= 0.6 is 28.3 Å². The summed E-state index contributed by atoms with van der Waals surface area (Å²) in [7, 11) is 0. The van der Waals surface area contributed by atoms with Crippen molar-refractivity contribution in [3.8, 4) is 5.75 Å². The quantitative estimate of drug-likeness (QED) is 0.697. The molecule has 0 bridgehead atoms. The Labute approximate surface area is 161 Å². The van der Waals surface area contributed by atoms with Gasteiger partial charge in [0.25, 0.3) is 5.91 Å². The number of hydrogen-bond donors (Lipinski definition) is 2. The van der Waals surface area contributed by atoms with Crippen molar-refractivity contribution in [3.05, 3.63) is 64.4 Å². The second-order valence-electron chi connectivity index (χ2n) is 5.54. The molecule has 136 valence electrons. The molecule has 2 atom stereocenters. The largest absolute Gasteiger partial charge is 0.473 e. The second-order valence-corrected chi connectivity index (χ2v) is 6.46. The van der Waals surface area contributed by atoms with Gasteiger partial charge >= 0.3 is 0 Å². The molecule has 2 unspecified atom stereocenters. The zero-order chi connectivity index (χ0) is 17.5. The maximum Gasteiger partial charge on any atom is 0.265 e. The van der Waals surface area contributed by atoms with Crippen molar-refractivity contribution in [1.29, 1.82) is 0 Å². The normalized spacial score (nSPS) is 12.6. The van der Waals surface area contributed by atoms with E-state index in [-0.39, 0.29) is 30.1 Å². The van der Waals surface area contributed by atoms with Gasteiger partial charge in [0.15, 0.2) is 11.6 Å². The summed E-state index contributed by atoms with van der Waals surface area (Å²) in [4.78, 5) is 12.5. The highest BCUT2D eigenvalue weighted by Crippen LogP contribution is 2.27. The van der Waals surface area contributed by atoms with E-state index in [9.17, 15) is 9.18 Å². The van der Waals surface area contributed by atoms with Crippen molar-refractivity contribution in [2.24, 2.45) is 5.73 Å². The van der Waals surface area contributed by atoms with E-state index in [1.165, 1.54) is 12.1 Å². The molecule has 25 heavy (non-hydrogen) atoms. The van der Waals surface area contributed by atoms with Gasteiger partial charge in [-0.3, -0.25) is 4.79 Å². The number of nitrogens with one attached hydrogen (secondary N) is 1. The molecule has 0 radical (unpaired) electrons. The maximum absolute atomic E-state index is 14.0. The highest BCUT2D eigenvalue weighted by atomic mass is 79.9. The van der Waals surface area contributed by atoms with Crippen LogP contribution in [0.25, 0.3) is 0 Å². The molecule has 0 spiro atoms. The Kier molecular flexibility index (Phi) is 8.89. The average Bonchev–Trinajstić information content (AvgIpc) is 2.54. The van der Waals surface area contributed by atoms with Crippen LogP contribution in [-0.2, 0) is 4.79 Å². The molecule has 4 nitrogen and oxygen atoms in total. The van der Waals surface area contributed by atoms with Crippen molar-refractivity contribution >= 4 is 34.2 Å². The summed E-state index contributed by atoms with van der Waals surface area (Å²) in [6, 6.07) is 13.4. The van der Waals surface area contributed by atoms with E-state index < -0.39 is 11.9 Å². The van der Waals surface area contributed by atoms with Gasteiger partial charge in [0.1, 0.15) is 0 Å². The molecule has 0 aliphatic heterocycles. The molecule has 0 aliphatic carbocycles. The summed E-state index contributed by atoms with van der Waals surface area (Å²) >= 11 is 3.20. The number of hydrogen-bond acceptors (Lipinski definition) is 3. The Bertz CT molecular complexity index is 686. The molecule has 0 saturated carbocycles. The Morgan fingerprint density at radius 1 is 1.28 bits per heavy atom. The SMILES string of the molecule is CC(N)CCNC(=O)C(Oc1ccc(Br)cc1F)c1ccccc1.Cl. The van der Waals surface area contributed by atoms with E-state index in [4.69, 9.17) is 10.5 Å². The summed E-state index contributed by atoms with van der Waals surface area (Å²) < 4.78 is 20.3. The predicted octanol–water partition coefficient (Wildman–Crippen LogP) is 3.98. The van der Waals surface area contributed by atoms with E-state index in [2.05, 4.69) is 21.2 Å². The van der Waals surface area contributed by atoms with E-state index >= 15 is 0 Å². The van der Waals surface area contributed by atoms with Gasteiger partial charge in [0, 0.05) is 22.6 Å². The number of rotatable bonds is 7. The zero-order valence-electron chi connectivity index (χ0n) is 13.7. The van der Waals surface area contributed by atoms with Gasteiger partial charge in [0.2, 0.25) is 6.10 Å². The van der Waals surface area contributed by atoms with Gasteiger partial charge in [0.05, 0.1) is 0 Å². The average molecular weight is 432 g/mol. The molecule has 3 N–H and O–H groups in total. The summed E-state index contributed by atoms with van der Waals surface area (Å²) in [6.45, 7) is 2.31. The zero-order valence-corrected chi connectivity index (χ0v) is 16.1.